The Morgan fingerprint density at radius 2 is 2.10 bits per heavy atom. The number of carbonyl (C=O) groups is 1. The van der Waals surface area contributed by atoms with Gasteiger partial charge in [-0.15, -0.1) is 13.2 Å². The Morgan fingerprint density at radius 1 is 1.43 bits per heavy atom. The van der Waals surface area contributed by atoms with Gasteiger partial charge in [0.15, 0.2) is 0 Å². The summed E-state index contributed by atoms with van der Waals surface area (Å²) in [5.74, 6) is -1.57. The van der Waals surface area contributed by atoms with Crippen LogP contribution in [0.25, 0.3) is 0 Å². The summed E-state index contributed by atoms with van der Waals surface area (Å²) in [6.45, 7) is 1.58. The topological polar surface area (TPSA) is 83.7 Å². The zero-order valence-corrected chi connectivity index (χ0v) is 11.5. The van der Waals surface area contributed by atoms with Gasteiger partial charge in [0, 0.05) is 18.2 Å². The molecule has 6 nitrogen and oxygen atoms in total. The quantitative estimate of drug-likeness (QED) is 0.803. The lowest BCUT2D eigenvalue weighted by molar-refractivity contribution is -0.276. The number of hydrogen-bond acceptors (Lipinski definition) is 6. The van der Waals surface area contributed by atoms with Crippen molar-refractivity contribution in [3.8, 4) is 11.8 Å². The Balaban J connectivity index is 3.24. The van der Waals surface area contributed by atoms with E-state index in [1.165, 1.54) is 13.2 Å². The third kappa shape index (κ3) is 5.10. The number of carbonyl (C=O) groups excluding carboxylic acids is 1. The SMILES string of the molecule is CCOC(=O)Cc1c(CN)cc(OC)nc1OC(F)(F)F. The fourth-order valence-electron chi connectivity index (χ4n) is 1.60. The second-order valence-corrected chi connectivity index (χ2v) is 3.84. The third-order valence-electron chi connectivity index (χ3n) is 2.42. The standard InChI is InChI=1S/C12H15F3N2O4/c1-3-20-10(18)5-8-7(6-16)4-9(19-2)17-11(8)21-12(13,14)15/h4H,3,5-6,16H2,1-2H3. The van der Waals surface area contributed by atoms with Crippen LogP contribution in [-0.4, -0.2) is 31.0 Å². The van der Waals surface area contributed by atoms with E-state index < -0.39 is 24.6 Å². The predicted molar refractivity (Wildman–Crippen MR) is 65.7 cm³/mol. The minimum atomic E-state index is -4.95. The number of nitrogens with zero attached hydrogens (tertiary/aromatic N) is 1. The normalized spacial score (nSPS) is 11.1. The van der Waals surface area contributed by atoms with Crippen LogP contribution in [-0.2, 0) is 22.5 Å². The summed E-state index contributed by atoms with van der Waals surface area (Å²) in [5.41, 5.74) is 5.67. The lowest BCUT2D eigenvalue weighted by Gasteiger charge is -2.16. The van der Waals surface area contributed by atoms with Gasteiger partial charge >= 0.3 is 12.3 Å². The summed E-state index contributed by atoms with van der Waals surface area (Å²) in [6.07, 6.45) is -5.38. The van der Waals surface area contributed by atoms with Crippen molar-refractivity contribution in [3.63, 3.8) is 0 Å². The Bertz CT molecular complexity index is 506. The van der Waals surface area contributed by atoms with Gasteiger partial charge in [-0.25, -0.2) is 0 Å². The molecule has 1 aromatic rings. The van der Waals surface area contributed by atoms with Crippen molar-refractivity contribution >= 4 is 5.97 Å². The minimum Gasteiger partial charge on any atom is -0.481 e. The van der Waals surface area contributed by atoms with Gasteiger partial charge in [0.1, 0.15) is 0 Å². The molecule has 0 aliphatic carbocycles. The number of ether oxygens (including phenoxy) is 3. The number of rotatable bonds is 6. The van der Waals surface area contributed by atoms with Gasteiger partial charge < -0.3 is 19.9 Å². The van der Waals surface area contributed by atoms with Crippen molar-refractivity contribution in [1.29, 1.82) is 0 Å². The first kappa shape index (κ1) is 17.0. The molecule has 0 aromatic carbocycles. The van der Waals surface area contributed by atoms with E-state index in [0.717, 1.165) is 0 Å². The second kappa shape index (κ2) is 7.11. The first-order chi connectivity index (χ1) is 9.80. The average molecular weight is 308 g/mol. The van der Waals surface area contributed by atoms with E-state index in [1.54, 1.807) is 6.92 Å². The molecule has 0 aliphatic heterocycles. The number of halogens is 3. The van der Waals surface area contributed by atoms with Crippen LogP contribution in [0.5, 0.6) is 11.8 Å². The van der Waals surface area contributed by atoms with E-state index in [9.17, 15) is 18.0 Å². The summed E-state index contributed by atoms with van der Waals surface area (Å²) in [5, 5.41) is 0. The van der Waals surface area contributed by atoms with Crippen LogP contribution in [0.4, 0.5) is 13.2 Å². The van der Waals surface area contributed by atoms with Gasteiger partial charge in [-0.1, -0.05) is 0 Å². The molecular weight excluding hydrogens is 293 g/mol. The molecule has 118 valence electrons. The highest BCUT2D eigenvalue weighted by atomic mass is 19.4. The van der Waals surface area contributed by atoms with E-state index in [0.29, 0.717) is 0 Å². The molecule has 21 heavy (non-hydrogen) atoms. The molecule has 1 aromatic heterocycles. The van der Waals surface area contributed by atoms with Crippen LogP contribution in [0, 0.1) is 0 Å². The molecule has 1 rings (SSSR count). The number of nitrogens with two attached hydrogens (primary N) is 1. The highest BCUT2D eigenvalue weighted by molar-refractivity contribution is 5.74. The highest BCUT2D eigenvalue weighted by Gasteiger charge is 2.34. The number of aromatic nitrogens is 1. The van der Waals surface area contributed by atoms with Crippen molar-refractivity contribution < 1.29 is 32.2 Å². The number of hydrogen-bond donors (Lipinski definition) is 1. The Morgan fingerprint density at radius 3 is 2.57 bits per heavy atom. The van der Waals surface area contributed by atoms with E-state index >= 15 is 0 Å². The van der Waals surface area contributed by atoms with Crippen LogP contribution in [0.1, 0.15) is 18.1 Å². The van der Waals surface area contributed by atoms with Crippen LogP contribution in [0.15, 0.2) is 6.07 Å². The Labute approximate surface area is 119 Å². The van der Waals surface area contributed by atoms with E-state index in [4.69, 9.17) is 15.2 Å². The number of esters is 1. The van der Waals surface area contributed by atoms with E-state index in [2.05, 4.69) is 9.72 Å². The first-order valence-corrected chi connectivity index (χ1v) is 5.99. The molecule has 0 bridgehead atoms. The molecule has 0 fully saturated rings. The monoisotopic (exact) mass is 308 g/mol. The average Bonchev–Trinajstić information content (AvgIpc) is 2.39. The van der Waals surface area contributed by atoms with Crippen LogP contribution in [0.2, 0.25) is 0 Å². The van der Waals surface area contributed by atoms with Gasteiger partial charge in [0.25, 0.3) is 0 Å². The molecule has 0 radical (unpaired) electrons. The molecule has 1 heterocycles. The van der Waals surface area contributed by atoms with E-state index in [1.807, 2.05) is 0 Å². The van der Waals surface area contributed by atoms with Crippen LogP contribution < -0.4 is 15.2 Å². The summed E-state index contributed by atoms with van der Waals surface area (Å²) in [7, 11) is 1.24. The molecule has 0 saturated heterocycles. The third-order valence-corrected chi connectivity index (χ3v) is 2.42. The number of methoxy groups -OCH3 is 1. The van der Waals surface area contributed by atoms with E-state index in [-0.39, 0.29) is 30.2 Å². The fourth-order valence-corrected chi connectivity index (χ4v) is 1.60. The van der Waals surface area contributed by atoms with Crippen molar-refractivity contribution in [3.05, 3.63) is 17.2 Å². The van der Waals surface area contributed by atoms with Gasteiger partial charge in [0.2, 0.25) is 11.8 Å². The Hall–Kier alpha value is -2.03. The van der Waals surface area contributed by atoms with Crippen LogP contribution >= 0.6 is 0 Å². The smallest absolute Gasteiger partial charge is 0.481 e. The van der Waals surface area contributed by atoms with Gasteiger partial charge in [-0.2, -0.15) is 4.98 Å². The first-order valence-electron chi connectivity index (χ1n) is 5.99. The lowest BCUT2D eigenvalue weighted by Crippen LogP contribution is -2.21. The van der Waals surface area contributed by atoms with Gasteiger partial charge in [-0.05, 0) is 12.5 Å². The van der Waals surface area contributed by atoms with Gasteiger partial charge in [-0.3, -0.25) is 4.79 Å². The predicted octanol–water partition coefficient (Wildman–Crippen LogP) is 1.55. The van der Waals surface area contributed by atoms with Crippen LogP contribution in [0.3, 0.4) is 0 Å². The Kier molecular flexibility index (Phi) is 5.77. The zero-order valence-electron chi connectivity index (χ0n) is 11.5. The molecule has 0 saturated carbocycles. The molecule has 9 heteroatoms. The molecule has 0 unspecified atom stereocenters. The molecule has 2 N–H and O–H groups in total. The summed E-state index contributed by atoms with van der Waals surface area (Å²) in [6, 6.07) is 1.35. The summed E-state index contributed by atoms with van der Waals surface area (Å²) < 4.78 is 50.6. The summed E-state index contributed by atoms with van der Waals surface area (Å²) in [4.78, 5) is 15.1. The molecule has 0 amide bonds. The molecular formula is C12H15F3N2O4. The molecule has 0 atom stereocenters. The lowest BCUT2D eigenvalue weighted by atomic mass is 10.1. The highest BCUT2D eigenvalue weighted by Crippen LogP contribution is 2.30. The second-order valence-electron chi connectivity index (χ2n) is 3.84. The van der Waals surface area contributed by atoms with Crippen molar-refractivity contribution in [2.45, 2.75) is 26.3 Å². The molecule has 0 spiro atoms. The molecule has 0 aliphatic rings. The maximum absolute atomic E-state index is 12.4. The number of alkyl halides is 3. The fraction of sp³-hybridized carbons (Fsp3) is 0.500. The largest absolute Gasteiger partial charge is 0.574 e. The maximum Gasteiger partial charge on any atom is 0.574 e. The van der Waals surface area contributed by atoms with Gasteiger partial charge in [0.05, 0.1) is 20.1 Å². The van der Waals surface area contributed by atoms with Crippen molar-refractivity contribution in [1.82, 2.24) is 4.98 Å². The van der Waals surface area contributed by atoms with Crippen molar-refractivity contribution in [2.24, 2.45) is 5.73 Å². The number of pyridine rings is 1. The minimum absolute atomic E-state index is 0.0749. The summed E-state index contributed by atoms with van der Waals surface area (Å²) >= 11 is 0. The zero-order chi connectivity index (χ0) is 16.0. The maximum atomic E-state index is 12.4. The van der Waals surface area contributed by atoms with Crippen molar-refractivity contribution in [2.75, 3.05) is 13.7 Å².